The highest BCUT2D eigenvalue weighted by atomic mass is 19.2. The molecule has 0 bridgehead atoms. The summed E-state index contributed by atoms with van der Waals surface area (Å²) in [7, 11) is 1.22. The molecule has 0 aliphatic heterocycles. The second-order valence-corrected chi connectivity index (χ2v) is 6.16. The lowest BCUT2D eigenvalue weighted by Crippen LogP contribution is -2.01. The Morgan fingerprint density at radius 3 is 1.82 bits per heavy atom. The third-order valence-corrected chi connectivity index (χ3v) is 4.26. The summed E-state index contributed by atoms with van der Waals surface area (Å²) >= 11 is 0. The van der Waals surface area contributed by atoms with Crippen LogP contribution in [0.3, 0.4) is 0 Å². The summed E-state index contributed by atoms with van der Waals surface area (Å²) in [6.45, 7) is 29.1. The lowest BCUT2D eigenvalue weighted by atomic mass is 9.91. The van der Waals surface area contributed by atoms with Gasteiger partial charge in [0.15, 0.2) is 5.83 Å². The van der Waals surface area contributed by atoms with Gasteiger partial charge in [0.25, 0.3) is 0 Å². The molecule has 0 saturated heterocycles. The molecule has 0 amide bonds. The lowest BCUT2D eigenvalue weighted by molar-refractivity contribution is 0.281. The van der Waals surface area contributed by atoms with Crippen molar-refractivity contribution < 1.29 is 13.5 Å². The molecule has 1 nitrogen and oxygen atoms in total. The SMILES string of the molecule is C=C(/C=C\C(=C)C(C)CCC(C)CC)C(=C)/C(F)=C(/F)C(=C)OC.CC.CC. The molecule has 0 N–H and O–H groups in total. The maximum atomic E-state index is 14.0. The van der Waals surface area contributed by atoms with Crippen LogP contribution in [0.15, 0.2) is 72.6 Å². The van der Waals surface area contributed by atoms with Crippen molar-refractivity contribution in [2.75, 3.05) is 7.11 Å². The molecular weight excluding hydrogens is 354 g/mol. The van der Waals surface area contributed by atoms with Crippen molar-refractivity contribution in [1.82, 2.24) is 0 Å². The van der Waals surface area contributed by atoms with Gasteiger partial charge in [0.05, 0.1) is 7.11 Å². The van der Waals surface area contributed by atoms with E-state index >= 15 is 0 Å². The molecule has 2 atom stereocenters. The molecule has 0 aromatic heterocycles. The third kappa shape index (κ3) is 12.5. The van der Waals surface area contributed by atoms with Crippen molar-refractivity contribution in [1.29, 1.82) is 0 Å². The van der Waals surface area contributed by atoms with Crippen LogP contribution in [0, 0.1) is 11.8 Å². The van der Waals surface area contributed by atoms with Crippen molar-refractivity contribution in [2.45, 2.75) is 67.7 Å². The Morgan fingerprint density at radius 1 is 0.893 bits per heavy atom. The highest BCUT2D eigenvalue weighted by Crippen LogP contribution is 2.27. The van der Waals surface area contributed by atoms with Gasteiger partial charge in [0, 0.05) is 5.57 Å². The van der Waals surface area contributed by atoms with E-state index < -0.39 is 11.7 Å². The molecule has 0 rings (SSSR count). The van der Waals surface area contributed by atoms with Gasteiger partial charge >= 0.3 is 0 Å². The van der Waals surface area contributed by atoms with Crippen molar-refractivity contribution in [3.63, 3.8) is 0 Å². The average molecular weight is 397 g/mol. The zero-order chi connectivity index (χ0) is 22.9. The molecule has 0 heterocycles. The van der Waals surface area contributed by atoms with Crippen LogP contribution in [0.2, 0.25) is 0 Å². The number of allylic oxidation sites excluding steroid dienone is 7. The fourth-order valence-electron chi connectivity index (χ4n) is 1.88. The summed E-state index contributed by atoms with van der Waals surface area (Å²) in [5.74, 6) is -1.66. The Balaban J connectivity index is -0.00000146. The lowest BCUT2D eigenvalue weighted by Gasteiger charge is -2.15. The molecule has 0 aliphatic carbocycles. The van der Waals surface area contributed by atoms with E-state index in [4.69, 9.17) is 0 Å². The second-order valence-electron chi connectivity index (χ2n) is 6.16. The molecule has 3 heteroatoms. The molecule has 2 unspecified atom stereocenters. The summed E-state index contributed by atoms with van der Waals surface area (Å²) in [4.78, 5) is 0. The summed E-state index contributed by atoms with van der Waals surface area (Å²) in [6.07, 6.45) is 6.73. The minimum Gasteiger partial charge on any atom is -0.494 e. The molecule has 0 aromatic rings. The number of halogens is 2. The molecule has 0 aromatic carbocycles. The first-order valence-corrected chi connectivity index (χ1v) is 10.2. The molecule has 28 heavy (non-hydrogen) atoms. The monoisotopic (exact) mass is 396 g/mol. The quantitative estimate of drug-likeness (QED) is 0.250. The second kappa shape index (κ2) is 18.5. The molecule has 0 radical (unpaired) electrons. The summed E-state index contributed by atoms with van der Waals surface area (Å²) in [5, 5.41) is 0. The van der Waals surface area contributed by atoms with Crippen molar-refractivity contribution in [3.05, 3.63) is 72.6 Å². The standard InChI is InChI=1S/C21H30F2O.2C2H6/c1-9-14(2)10-11-15(3)16(4)12-13-17(5)18(6)20(22)21(23)19(7)24-8;2*1-2/h12-15H,4-7,9-11H2,1-3,8H3;2*1-2H3/b13-12-,21-20-;;. The van der Waals surface area contributed by atoms with Crippen molar-refractivity contribution in [3.8, 4) is 0 Å². The number of ether oxygens (including phenoxy) is 1. The van der Waals surface area contributed by atoms with Crippen LogP contribution in [-0.2, 0) is 4.74 Å². The minimum atomic E-state index is -1.17. The summed E-state index contributed by atoms with van der Waals surface area (Å²) in [5.41, 5.74) is 1.07. The summed E-state index contributed by atoms with van der Waals surface area (Å²) < 4.78 is 32.2. The van der Waals surface area contributed by atoms with E-state index in [1.54, 1.807) is 12.2 Å². The van der Waals surface area contributed by atoms with E-state index in [0.717, 1.165) is 24.8 Å². The van der Waals surface area contributed by atoms with Crippen LogP contribution in [0.25, 0.3) is 0 Å². The smallest absolute Gasteiger partial charge is 0.200 e. The molecule has 0 saturated carbocycles. The largest absolute Gasteiger partial charge is 0.494 e. The molecule has 0 aliphatic rings. The highest BCUT2D eigenvalue weighted by Gasteiger charge is 2.15. The fraction of sp³-hybridized carbons (Fsp3) is 0.520. The Labute approximate surface area is 173 Å². The third-order valence-electron chi connectivity index (χ3n) is 4.26. The summed E-state index contributed by atoms with van der Waals surface area (Å²) in [6, 6.07) is 0. The van der Waals surface area contributed by atoms with Crippen LogP contribution >= 0.6 is 0 Å². The molecule has 0 fully saturated rings. The Kier molecular flexibility index (Phi) is 20.3. The van der Waals surface area contributed by atoms with Gasteiger partial charge in [0.1, 0.15) is 5.76 Å². The normalized spacial score (nSPS) is 13.1. The number of methoxy groups -OCH3 is 1. The van der Waals surface area contributed by atoms with E-state index in [0.29, 0.717) is 11.8 Å². The van der Waals surface area contributed by atoms with Gasteiger partial charge in [-0.2, -0.15) is 4.39 Å². The Morgan fingerprint density at radius 2 is 1.39 bits per heavy atom. The topological polar surface area (TPSA) is 9.23 Å². The predicted molar refractivity (Wildman–Crippen MR) is 123 cm³/mol. The van der Waals surface area contributed by atoms with Crippen LogP contribution in [0.5, 0.6) is 0 Å². The Bertz CT molecular complexity index is 553. The van der Waals surface area contributed by atoms with Gasteiger partial charge in [-0.1, -0.05) is 105 Å². The predicted octanol–water partition coefficient (Wildman–Crippen LogP) is 9.04. The van der Waals surface area contributed by atoms with E-state index in [-0.39, 0.29) is 16.9 Å². The van der Waals surface area contributed by atoms with Crippen LogP contribution < -0.4 is 0 Å². The molecule has 0 spiro atoms. The zero-order valence-electron chi connectivity index (χ0n) is 19.4. The van der Waals surface area contributed by atoms with Crippen LogP contribution in [0.4, 0.5) is 8.78 Å². The number of hydrogen-bond acceptors (Lipinski definition) is 1. The van der Waals surface area contributed by atoms with E-state index in [2.05, 4.69) is 51.8 Å². The van der Waals surface area contributed by atoms with Crippen LogP contribution in [-0.4, -0.2) is 7.11 Å². The van der Waals surface area contributed by atoms with E-state index in [9.17, 15) is 8.78 Å². The van der Waals surface area contributed by atoms with E-state index in [1.165, 1.54) is 7.11 Å². The number of hydrogen-bond donors (Lipinski definition) is 0. The minimum absolute atomic E-state index is 0.137. The Hall–Kier alpha value is -1.90. The van der Waals surface area contributed by atoms with Gasteiger partial charge in [-0.15, -0.1) is 0 Å². The zero-order valence-corrected chi connectivity index (χ0v) is 19.4. The first-order chi connectivity index (χ1) is 13.1. The first kappa shape index (κ1) is 30.8. The average Bonchev–Trinajstić information content (AvgIpc) is 2.75. The van der Waals surface area contributed by atoms with Gasteiger partial charge in [0.2, 0.25) is 5.83 Å². The number of rotatable bonds is 11. The first-order valence-electron chi connectivity index (χ1n) is 10.2. The van der Waals surface area contributed by atoms with Gasteiger partial charge in [-0.05, 0) is 23.8 Å². The molecular formula is C25H42F2O. The van der Waals surface area contributed by atoms with E-state index in [1.807, 2.05) is 27.7 Å². The molecule has 162 valence electrons. The van der Waals surface area contributed by atoms with Gasteiger partial charge < -0.3 is 4.74 Å². The maximum Gasteiger partial charge on any atom is 0.200 e. The van der Waals surface area contributed by atoms with Gasteiger partial charge in [-0.3, -0.25) is 0 Å². The maximum absolute atomic E-state index is 14.0. The van der Waals surface area contributed by atoms with Crippen molar-refractivity contribution in [2.24, 2.45) is 11.8 Å². The van der Waals surface area contributed by atoms with Crippen LogP contribution in [0.1, 0.15) is 67.7 Å². The highest BCUT2D eigenvalue weighted by molar-refractivity contribution is 5.49. The van der Waals surface area contributed by atoms with Crippen molar-refractivity contribution >= 4 is 0 Å². The fourth-order valence-corrected chi connectivity index (χ4v) is 1.88. The van der Waals surface area contributed by atoms with Gasteiger partial charge in [-0.25, -0.2) is 4.39 Å².